The minimum atomic E-state index is -0.321. The van der Waals surface area contributed by atoms with Gasteiger partial charge in [-0.05, 0) is 31.0 Å². The van der Waals surface area contributed by atoms with Crippen molar-refractivity contribution in [1.29, 1.82) is 0 Å². The van der Waals surface area contributed by atoms with Crippen molar-refractivity contribution in [3.63, 3.8) is 0 Å². The zero-order valence-corrected chi connectivity index (χ0v) is 19.0. The predicted octanol–water partition coefficient (Wildman–Crippen LogP) is 5.68. The van der Waals surface area contributed by atoms with Crippen molar-refractivity contribution in [2.45, 2.75) is 37.2 Å². The minimum absolute atomic E-state index is 0.0614. The molecule has 1 atom stereocenters. The molecule has 1 N–H and O–H groups in total. The molecule has 4 rings (SSSR count). The third-order valence-electron chi connectivity index (χ3n) is 5.24. The van der Waals surface area contributed by atoms with Gasteiger partial charge in [-0.15, -0.1) is 10.2 Å². The molecular weight excluding hydrogens is 416 g/mol. The summed E-state index contributed by atoms with van der Waals surface area (Å²) in [7, 11) is 0. The van der Waals surface area contributed by atoms with Crippen molar-refractivity contribution in [3.05, 3.63) is 96.3 Å². The van der Waals surface area contributed by atoms with Crippen molar-refractivity contribution >= 4 is 23.4 Å². The first kappa shape index (κ1) is 21.8. The van der Waals surface area contributed by atoms with E-state index in [1.54, 1.807) is 0 Å². The molecule has 162 valence electrons. The van der Waals surface area contributed by atoms with Gasteiger partial charge in [0.15, 0.2) is 5.16 Å². The third kappa shape index (κ3) is 5.08. The SMILES string of the molecule is CCn1c(Cc2ccccc2)nnc1SC(C)C(=O)Nc1ccccc1-c1ccccc1. The van der Waals surface area contributed by atoms with Crippen molar-refractivity contribution in [2.75, 3.05) is 5.32 Å². The molecule has 1 heterocycles. The monoisotopic (exact) mass is 442 g/mol. The number of aromatic nitrogens is 3. The maximum Gasteiger partial charge on any atom is 0.237 e. The molecule has 6 heteroatoms. The zero-order chi connectivity index (χ0) is 22.3. The summed E-state index contributed by atoms with van der Waals surface area (Å²) < 4.78 is 2.08. The maximum absolute atomic E-state index is 13.0. The fourth-order valence-corrected chi connectivity index (χ4v) is 4.47. The van der Waals surface area contributed by atoms with E-state index in [-0.39, 0.29) is 11.2 Å². The van der Waals surface area contributed by atoms with Crippen LogP contribution in [0.1, 0.15) is 25.2 Å². The molecular formula is C26H26N4OS. The second kappa shape index (κ2) is 10.3. The Labute approximate surface area is 192 Å². The lowest BCUT2D eigenvalue weighted by atomic mass is 10.0. The summed E-state index contributed by atoms with van der Waals surface area (Å²) in [6.45, 7) is 4.72. The van der Waals surface area contributed by atoms with E-state index in [1.807, 2.05) is 79.7 Å². The van der Waals surface area contributed by atoms with E-state index in [9.17, 15) is 4.79 Å². The predicted molar refractivity (Wildman–Crippen MR) is 131 cm³/mol. The lowest BCUT2D eigenvalue weighted by Gasteiger charge is -2.15. The van der Waals surface area contributed by atoms with Gasteiger partial charge in [-0.25, -0.2) is 0 Å². The van der Waals surface area contributed by atoms with Gasteiger partial charge in [0, 0.05) is 24.2 Å². The Kier molecular flexibility index (Phi) is 7.02. The molecule has 0 saturated carbocycles. The van der Waals surface area contributed by atoms with Gasteiger partial charge < -0.3 is 9.88 Å². The van der Waals surface area contributed by atoms with Crippen molar-refractivity contribution < 1.29 is 4.79 Å². The largest absolute Gasteiger partial charge is 0.325 e. The molecule has 32 heavy (non-hydrogen) atoms. The highest BCUT2D eigenvalue weighted by Crippen LogP contribution is 2.29. The number of hydrogen-bond acceptors (Lipinski definition) is 4. The third-order valence-corrected chi connectivity index (χ3v) is 6.32. The van der Waals surface area contributed by atoms with E-state index in [2.05, 4.69) is 39.1 Å². The standard InChI is InChI=1S/C26H26N4OS/c1-3-30-24(18-20-12-6-4-7-13-20)28-29-26(30)32-19(2)25(31)27-23-17-11-10-16-22(23)21-14-8-5-9-15-21/h4-17,19H,3,18H2,1-2H3,(H,27,31). The second-order valence-electron chi connectivity index (χ2n) is 7.47. The normalized spacial score (nSPS) is 11.8. The smallest absolute Gasteiger partial charge is 0.237 e. The number of nitrogens with one attached hydrogen (secondary N) is 1. The van der Waals surface area contributed by atoms with Crippen LogP contribution in [0, 0.1) is 0 Å². The molecule has 1 aromatic heterocycles. The van der Waals surface area contributed by atoms with E-state index in [4.69, 9.17) is 0 Å². The molecule has 0 aliphatic heterocycles. The Morgan fingerprint density at radius 3 is 2.31 bits per heavy atom. The van der Waals surface area contributed by atoms with Crippen LogP contribution in [0.4, 0.5) is 5.69 Å². The average molecular weight is 443 g/mol. The first-order valence-electron chi connectivity index (χ1n) is 10.7. The first-order valence-corrected chi connectivity index (χ1v) is 11.6. The molecule has 1 unspecified atom stereocenters. The highest BCUT2D eigenvalue weighted by atomic mass is 32.2. The van der Waals surface area contributed by atoms with E-state index in [0.29, 0.717) is 6.42 Å². The van der Waals surface area contributed by atoms with Gasteiger partial charge in [0.2, 0.25) is 5.91 Å². The number of amides is 1. The quantitative estimate of drug-likeness (QED) is 0.357. The van der Waals surface area contributed by atoms with E-state index < -0.39 is 0 Å². The number of anilines is 1. The molecule has 0 aliphatic rings. The Morgan fingerprint density at radius 1 is 0.938 bits per heavy atom. The lowest BCUT2D eigenvalue weighted by molar-refractivity contribution is -0.115. The molecule has 0 saturated heterocycles. The number of rotatable bonds is 8. The summed E-state index contributed by atoms with van der Waals surface area (Å²) in [5.41, 5.74) is 4.06. The molecule has 1 amide bonds. The van der Waals surface area contributed by atoms with Gasteiger partial charge in [0.1, 0.15) is 5.82 Å². The van der Waals surface area contributed by atoms with Crippen LogP contribution >= 0.6 is 11.8 Å². The summed E-state index contributed by atoms with van der Waals surface area (Å²) in [6.07, 6.45) is 0.716. The molecule has 0 radical (unpaired) electrons. The van der Waals surface area contributed by atoms with Gasteiger partial charge in [0.25, 0.3) is 0 Å². The summed E-state index contributed by atoms with van der Waals surface area (Å²) in [4.78, 5) is 13.0. The van der Waals surface area contributed by atoms with E-state index in [1.165, 1.54) is 17.3 Å². The fraction of sp³-hybridized carbons (Fsp3) is 0.192. The molecule has 3 aromatic carbocycles. The van der Waals surface area contributed by atoms with Gasteiger partial charge in [-0.3, -0.25) is 4.79 Å². The summed E-state index contributed by atoms with van der Waals surface area (Å²) in [6, 6.07) is 28.2. The molecule has 0 bridgehead atoms. The summed E-state index contributed by atoms with van der Waals surface area (Å²) >= 11 is 1.43. The summed E-state index contributed by atoms with van der Waals surface area (Å²) in [5, 5.41) is 12.3. The first-order chi connectivity index (χ1) is 15.7. The molecule has 0 aliphatic carbocycles. The highest BCUT2D eigenvalue weighted by molar-refractivity contribution is 8.00. The minimum Gasteiger partial charge on any atom is -0.325 e. The van der Waals surface area contributed by atoms with E-state index in [0.717, 1.165) is 34.3 Å². The van der Waals surface area contributed by atoms with Crippen LogP contribution in [0.5, 0.6) is 0 Å². The molecule has 5 nitrogen and oxygen atoms in total. The number of carbonyl (C=O) groups excluding carboxylic acids is 1. The van der Waals surface area contributed by atoms with Gasteiger partial charge >= 0.3 is 0 Å². The number of benzene rings is 3. The van der Waals surface area contributed by atoms with E-state index >= 15 is 0 Å². The number of thioether (sulfide) groups is 1. The average Bonchev–Trinajstić information content (AvgIpc) is 3.21. The van der Waals surface area contributed by atoms with Crippen molar-refractivity contribution in [1.82, 2.24) is 14.8 Å². The second-order valence-corrected chi connectivity index (χ2v) is 8.77. The fourth-order valence-electron chi connectivity index (χ4n) is 3.54. The number of nitrogens with zero attached hydrogens (tertiary/aromatic N) is 3. The van der Waals surface area contributed by atoms with Crippen LogP contribution in [-0.2, 0) is 17.8 Å². The Balaban J connectivity index is 1.47. The Hall–Kier alpha value is -3.38. The summed E-state index contributed by atoms with van der Waals surface area (Å²) in [5.74, 6) is 0.844. The molecule has 0 spiro atoms. The van der Waals surface area contributed by atoms with Crippen LogP contribution in [0.3, 0.4) is 0 Å². The van der Waals surface area contributed by atoms with Crippen LogP contribution in [0.15, 0.2) is 90.1 Å². The van der Waals surface area contributed by atoms with Crippen LogP contribution in [0.25, 0.3) is 11.1 Å². The van der Waals surface area contributed by atoms with Crippen molar-refractivity contribution in [3.8, 4) is 11.1 Å². The van der Waals surface area contributed by atoms with Gasteiger partial charge in [-0.1, -0.05) is 90.6 Å². The number of hydrogen-bond donors (Lipinski definition) is 1. The van der Waals surface area contributed by atoms with Crippen LogP contribution in [0.2, 0.25) is 0 Å². The number of para-hydroxylation sites is 1. The highest BCUT2D eigenvalue weighted by Gasteiger charge is 2.21. The van der Waals surface area contributed by atoms with Crippen LogP contribution < -0.4 is 5.32 Å². The topological polar surface area (TPSA) is 59.8 Å². The maximum atomic E-state index is 13.0. The Morgan fingerprint density at radius 2 is 1.59 bits per heavy atom. The molecule has 0 fully saturated rings. The van der Waals surface area contributed by atoms with Gasteiger partial charge in [-0.2, -0.15) is 0 Å². The van der Waals surface area contributed by atoms with Crippen LogP contribution in [-0.4, -0.2) is 25.9 Å². The molecule has 4 aromatic rings. The Bertz CT molecular complexity index is 1170. The van der Waals surface area contributed by atoms with Gasteiger partial charge in [0.05, 0.1) is 5.25 Å². The zero-order valence-electron chi connectivity index (χ0n) is 18.2. The number of carbonyl (C=O) groups is 1. The lowest BCUT2D eigenvalue weighted by Crippen LogP contribution is -2.23. The van der Waals surface area contributed by atoms with Crippen molar-refractivity contribution in [2.24, 2.45) is 0 Å².